The van der Waals surface area contributed by atoms with Gasteiger partial charge in [0.15, 0.2) is 0 Å². The van der Waals surface area contributed by atoms with Crippen molar-refractivity contribution >= 4 is 17.3 Å². The number of para-hydroxylation sites is 1. The Balaban J connectivity index is 1.91. The van der Waals surface area contributed by atoms with Crippen LogP contribution in [0.25, 0.3) is 0 Å². The topological polar surface area (TPSA) is 21.1 Å². The molecule has 0 unspecified atom stereocenters. The van der Waals surface area contributed by atoms with E-state index in [0.29, 0.717) is 0 Å². The van der Waals surface area contributed by atoms with Crippen LogP contribution in [0.4, 0.5) is 5.69 Å². The second-order valence-corrected chi connectivity index (χ2v) is 5.14. The molecule has 0 N–H and O–H groups in total. The first-order valence-electron chi connectivity index (χ1n) is 6.17. The molecule has 1 aromatic heterocycles. The molecule has 0 saturated carbocycles. The number of fused-ring (bicyclic) bond motifs is 1. The van der Waals surface area contributed by atoms with Gasteiger partial charge in [0.1, 0.15) is 5.15 Å². The van der Waals surface area contributed by atoms with Gasteiger partial charge in [0, 0.05) is 31.4 Å². The molecule has 4 heteroatoms. The minimum atomic E-state index is 0.747. The summed E-state index contributed by atoms with van der Waals surface area (Å²) in [6.45, 7) is 3.92. The molecule has 18 heavy (non-hydrogen) atoms. The molecule has 1 aromatic carbocycles. The largest absolute Gasteiger partial charge is 0.366 e. The van der Waals surface area contributed by atoms with E-state index in [2.05, 4.69) is 34.3 Å². The van der Waals surface area contributed by atoms with Crippen molar-refractivity contribution in [3.8, 4) is 0 Å². The fourth-order valence-corrected chi connectivity index (χ4v) is 2.85. The minimum Gasteiger partial charge on any atom is -0.366 e. The molecule has 0 atom stereocenters. The van der Waals surface area contributed by atoms with Gasteiger partial charge in [-0.25, -0.2) is 0 Å². The fraction of sp³-hybridized carbons (Fsp3) is 0.357. The summed E-state index contributed by atoms with van der Waals surface area (Å²) in [5.74, 6) is 0. The first kappa shape index (κ1) is 11.6. The van der Waals surface area contributed by atoms with Crippen molar-refractivity contribution in [1.82, 2.24) is 9.78 Å². The number of hydrogen-bond donors (Lipinski definition) is 0. The van der Waals surface area contributed by atoms with Gasteiger partial charge in [0.2, 0.25) is 0 Å². The first-order chi connectivity index (χ1) is 8.66. The van der Waals surface area contributed by atoms with Crippen LogP contribution in [-0.4, -0.2) is 16.3 Å². The number of nitrogens with zero attached hydrogens (tertiary/aromatic N) is 3. The van der Waals surface area contributed by atoms with Gasteiger partial charge in [-0.3, -0.25) is 4.68 Å². The van der Waals surface area contributed by atoms with E-state index in [4.69, 9.17) is 11.6 Å². The number of aryl methyl sites for hydroxylation is 2. The second-order valence-electron chi connectivity index (χ2n) is 4.78. The van der Waals surface area contributed by atoms with Crippen LogP contribution in [0.1, 0.15) is 16.8 Å². The zero-order valence-corrected chi connectivity index (χ0v) is 11.4. The van der Waals surface area contributed by atoms with Gasteiger partial charge >= 0.3 is 0 Å². The summed E-state index contributed by atoms with van der Waals surface area (Å²) in [7, 11) is 1.89. The van der Waals surface area contributed by atoms with Crippen LogP contribution < -0.4 is 4.90 Å². The fourth-order valence-electron chi connectivity index (χ4n) is 2.62. The van der Waals surface area contributed by atoms with Crippen LogP contribution in [0, 0.1) is 6.92 Å². The second kappa shape index (κ2) is 4.32. The van der Waals surface area contributed by atoms with Crippen LogP contribution in [0.2, 0.25) is 5.15 Å². The zero-order chi connectivity index (χ0) is 12.7. The average Bonchev–Trinajstić information content (AvgIpc) is 2.87. The van der Waals surface area contributed by atoms with E-state index in [0.717, 1.165) is 35.9 Å². The summed E-state index contributed by atoms with van der Waals surface area (Å²) in [6, 6.07) is 8.58. The van der Waals surface area contributed by atoms with E-state index >= 15 is 0 Å². The van der Waals surface area contributed by atoms with E-state index in [9.17, 15) is 0 Å². The third-order valence-electron chi connectivity index (χ3n) is 3.60. The highest BCUT2D eigenvalue weighted by Gasteiger charge is 2.21. The summed E-state index contributed by atoms with van der Waals surface area (Å²) in [5, 5.41) is 5.11. The lowest BCUT2D eigenvalue weighted by Crippen LogP contribution is -2.20. The molecule has 0 radical (unpaired) electrons. The van der Waals surface area contributed by atoms with Crippen molar-refractivity contribution in [2.24, 2.45) is 7.05 Å². The lowest BCUT2D eigenvalue weighted by Gasteiger charge is -2.19. The molecule has 2 aromatic rings. The van der Waals surface area contributed by atoms with Gasteiger partial charge in [-0.15, -0.1) is 0 Å². The molecule has 0 bridgehead atoms. The minimum absolute atomic E-state index is 0.747. The van der Waals surface area contributed by atoms with Gasteiger partial charge in [-0.1, -0.05) is 29.8 Å². The number of benzene rings is 1. The number of anilines is 1. The molecule has 1 aliphatic rings. The summed E-state index contributed by atoms with van der Waals surface area (Å²) >= 11 is 6.29. The van der Waals surface area contributed by atoms with E-state index < -0.39 is 0 Å². The van der Waals surface area contributed by atoms with Crippen molar-refractivity contribution in [2.75, 3.05) is 11.4 Å². The van der Waals surface area contributed by atoms with Gasteiger partial charge in [0.25, 0.3) is 0 Å². The predicted octanol–water partition coefficient (Wildman–Crippen LogP) is 2.94. The van der Waals surface area contributed by atoms with E-state index in [1.165, 1.54) is 11.3 Å². The number of hydrogen-bond acceptors (Lipinski definition) is 2. The van der Waals surface area contributed by atoms with Gasteiger partial charge < -0.3 is 4.90 Å². The normalized spacial score (nSPS) is 14.1. The highest BCUT2D eigenvalue weighted by atomic mass is 35.5. The third kappa shape index (κ3) is 1.79. The Hall–Kier alpha value is -1.48. The summed E-state index contributed by atoms with van der Waals surface area (Å²) in [6.07, 6.45) is 1.12. The van der Waals surface area contributed by atoms with E-state index in [1.807, 2.05) is 14.0 Å². The maximum Gasteiger partial charge on any atom is 0.131 e. The Morgan fingerprint density at radius 3 is 2.83 bits per heavy atom. The van der Waals surface area contributed by atoms with Gasteiger partial charge in [-0.2, -0.15) is 5.10 Å². The molecule has 3 nitrogen and oxygen atoms in total. The number of halogens is 1. The Morgan fingerprint density at radius 2 is 2.11 bits per heavy atom. The predicted molar refractivity (Wildman–Crippen MR) is 74.2 cm³/mol. The molecule has 94 valence electrons. The van der Waals surface area contributed by atoms with Crippen LogP contribution in [0.5, 0.6) is 0 Å². The molecular formula is C14H16ClN3. The SMILES string of the molecule is Cc1nn(C)c(Cl)c1CN1CCc2ccccc21. The summed E-state index contributed by atoms with van der Waals surface area (Å²) < 4.78 is 1.74. The summed E-state index contributed by atoms with van der Waals surface area (Å²) in [5.41, 5.74) is 4.91. The summed E-state index contributed by atoms with van der Waals surface area (Å²) in [4.78, 5) is 2.38. The maximum absolute atomic E-state index is 6.29. The van der Waals surface area contributed by atoms with Crippen LogP contribution >= 0.6 is 11.6 Å². The van der Waals surface area contributed by atoms with Crippen LogP contribution in [0.15, 0.2) is 24.3 Å². The Bertz CT molecular complexity index is 589. The smallest absolute Gasteiger partial charge is 0.131 e. The van der Waals surface area contributed by atoms with Crippen molar-refractivity contribution in [1.29, 1.82) is 0 Å². The highest BCUT2D eigenvalue weighted by Crippen LogP contribution is 2.30. The van der Waals surface area contributed by atoms with Crippen LogP contribution in [-0.2, 0) is 20.0 Å². The Labute approximate surface area is 112 Å². The Kier molecular flexibility index (Phi) is 2.78. The molecule has 1 aliphatic heterocycles. The third-order valence-corrected chi connectivity index (χ3v) is 4.07. The van der Waals surface area contributed by atoms with Crippen molar-refractivity contribution < 1.29 is 0 Å². The molecule has 0 aliphatic carbocycles. The van der Waals surface area contributed by atoms with Crippen molar-refractivity contribution in [3.05, 3.63) is 46.2 Å². The quantitative estimate of drug-likeness (QED) is 0.829. The molecule has 3 rings (SSSR count). The zero-order valence-electron chi connectivity index (χ0n) is 10.7. The first-order valence-corrected chi connectivity index (χ1v) is 6.55. The molecular weight excluding hydrogens is 246 g/mol. The lowest BCUT2D eigenvalue weighted by molar-refractivity contribution is 0.757. The molecule has 0 amide bonds. The van der Waals surface area contributed by atoms with Crippen LogP contribution in [0.3, 0.4) is 0 Å². The van der Waals surface area contributed by atoms with Crippen molar-refractivity contribution in [3.63, 3.8) is 0 Å². The number of aromatic nitrogens is 2. The van der Waals surface area contributed by atoms with Gasteiger partial charge in [-0.05, 0) is 25.0 Å². The standard InChI is InChI=1S/C14H16ClN3/c1-10-12(14(15)17(2)16-10)9-18-8-7-11-5-3-4-6-13(11)18/h3-6H,7-9H2,1-2H3. The molecule has 0 spiro atoms. The van der Waals surface area contributed by atoms with E-state index in [-0.39, 0.29) is 0 Å². The molecule has 2 heterocycles. The van der Waals surface area contributed by atoms with Crippen molar-refractivity contribution in [2.45, 2.75) is 19.9 Å². The molecule has 0 fully saturated rings. The molecule has 0 saturated heterocycles. The maximum atomic E-state index is 6.29. The van der Waals surface area contributed by atoms with E-state index in [1.54, 1.807) is 4.68 Å². The van der Waals surface area contributed by atoms with Gasteiger partial charge in [0.05, 0.1) is 5.69 Å². The monoisotopic (exact) mass is 261 g/mol. The Morgan fingerprint density at radius 1 is 1.33 bits per heavy atom. The number of rotatable bonds is 2. The lowest BCUT2D eigenvalue weighted by atomic mass is 10.2. The highest BCUT2D eigenvalue weighted by molar-refractivity contribution is 6.30. The average molecular weight is 262 g/mol.